The van der Waals surface area contributed by atoms with Gasteiger partial charge in [-0.1, -0.05) is 0 Å². The number of hydrogen-bond acceptors (Lipinski definition) is 3. The fraction of sp³-hybridized carbons (Fsp3) is 0.273. The maximum absolute atomic E-state index is 11.8. The van der Waals surface area contributed by atoms with Crippen molar-refractivity contribution in [2.75, 3.05) is 5.32 Å². The number of nitrogens with one attached hydrogen (secondary N) is 1. The van der Waals surface area contributed by atoms with Gasteiger partial charge in [-0.15, -0.1) is 0 Å². The van der Waals surface area contributed by atoms with Crippen molar-refractivity contribution in [1.29, 1.82) is 0 Å². The van der Waals surface area contributed by atoms with Gasteiger partial charge in [0.1, 0.15) is 5.76 Å². The molecule has 2 aromatic rings. The number of carbonyl (C=O) groups is 1. The first-order valence-electron chi connectivity index (χ1n) is 5.09. The van der Waals surface area contributed by atoms with Crippen LogP contribution in [0.3, 0.4) is 0 Å². The van der Waals surface area contributed by atoms with Crippen molar-refractivity contribution in [2.45, 2.75) is 20.4 Å². The Kier molecular flexibility index (Phi) is 2.76. The van der Waals surface area contributed by atoms with Crippen LogP contribution in [0.15, 0.2) is 29.0 Å². The number of rotatable bonds is 3. The van der Waals surface area contributed by atoms with E-state index in [4.69, 9.17) is 4.42 Å². The number of anilines is 1. The highest BCUT2D eigenvalue weighted by Gasteiger charge is 2.12. The van der Waals surface area contributed by atoms with E-state index in [0.717, 1.165) is 6.54 Å². The van der Waals surface area contributed by atoms with Crippen molar-refractivity contribution >= 4 is 11.7 Å². The standard InChI is InChI=1S/C11H13N3O2/c1-3-14-6-4-10(13-14)12-11(15)9-5-7-16-8(9)2/h4-7H,3H2,1-2H3,(H,12,13,15). The second-order valence-electron chi connectivity index (χ2n) is 3.40. The quantitative estimate of drug-likeness (QED) is 0.859. The molecule has 0 aromatic carbocycles. The maximum Gasteiger partial charge on any atom is 0.260 e. The average Bonchev–Trinajstić information content (AvgIpc) is 2.86. The molecule has 0 fully saturated rings. The number of carbonyl (C=O) groups excluding carboxylic acids is 1. The van der Waals surface area contributed by atoms with Crippen LogP contribution < -0.4 is 5.32 Å². The zero-order valence-corrected chi connectivity index (χ0v) is 9.23. The molecule has 0 spiro atoms. The summed E-state index contributed by atoms with van der Waals surface area (Å²) in [6.07, 6.45) is 3.31. The van der Waals surface area contributed by atoms with Gasteiger partial charge in [0.2, 0.25) is 0 Å². The molecule has 2 heterocycles. The van der Waals surface area contributed by atoms with Gasteiger partial charge < -0.3 is 9.73 Å². The molecule has 84 valence electrons. The predicted molar refractivity (Wildman–Crippen MR) is 59.3 cm³/mol. The summed E-state index contributed by atoms with van der Waals surface area (Å²) in [6, 6.07) is 3.40. The van der Waals surface area contributed by atoms with Gasteiger partial charge in [-0.3, -0.25) is 9.48 Å². The Hall–Kier alpha value is -2.04. The minimum absolute atomic E-state index is 0.201. The fourth-order valence-corrected chi connectivity index (χ4v) is 1.41. The number of aromatic nitrogens is 2. The van der Waals surface area contributed by atoms with Gasteiger partial charge in [0, 0.05) is 18.8 Å². The van der Waals surface area contributed by atoms with Crippen LogP contribution >= 0.6 is 0 Å². The molecule has 0 aliphatic heterocycles. The Morgan fingerprint density at radius 1 is 1.56 bits per heavy atom. The van der Waals surface area contributed by atoms with E-state index >= 15 is 0 Å². The minimum atomic E-state index is -0.201. The second-order valence-corrected chi connectivity index (χ2v) is 3.40. The van der Waals surface area contributed by atoms with Gasteiger partial charge in [0.25, 0.3) is 5.91 Å². The SMILES string of the molecule is CCn1ccc(NC(=O)c2ccoc2C)n1. The maximum atomic E-state index is 11.8. The van der Waals surface area contributed by atoms with E-state index in [1.165, 1.54) is 6.26 Å². The highest BCUT2D eigenvalue weighted by atomic mass is 16.3. The van der Waals surface area contributed by atoms with Gasteiger partial charge in [0.05, 0.1) is 11.8 Å². The molecule has 0 saturated carbocycles. The van der Waals surface area contributed by atoms with Crippen LogP contribution in [0.1, 0.15) is 23.0 Å². The van der Waals surface area contributed by atoms with Crippen LogP contribution in [0.5, 0.6) is 0 Å². The van der Waals surface area contributed by atoms with Crippen molar-refractivity contribution in [3.8, 4) is 0 Å². The number of aryl methyl sites for hydroxylation is 2. The summed E-state index contributed by atoms with van der Waals surface area (Å²) in [5.41, 5.74) is 0.533. The Balaban J connectivity index is 2.11. The van der Waals surface area contributed by atoms with Crippen LogP contribution in [0.25, 0.3) is 0 Å². The molecule has 2 aromatic heterocycles. The molecule has 0 radical (unpaired) electrons. The van der Waals surface area contributed by atoms with E-state index in [1.54, 1.807) is 23.7 Å². The Morgan fingerprint density at radius 2 is 2.38 bits per heavy atom. The first kappa shape index (κ1) is 10.5. The van der Waals surface area contributed by atoms with Crippen molar-refractivity contribution < 1.29 is 9.21 Å². The van der Waals surface area contributed by atoms with Crippen LogP contribution in [0.2, 0.25) is 0 Å². The van der Waals surface area contributed by atoms with Crippen molar-refractivity contribution in [2.24, 2.45) is 0 Å². The molecule has 0 bridgehead atoms. The first-order chi connectivity index (χ1) is 7.70. The van der Waals surface area contributed by atoms with Crippen molar-refractivity contribution in [1.82, 2.24) is 9.78 Å². The van der Waals surface area contributed by atoms with E-state index < -0.39 is 0 Å². The smallest absolute Gasteiger partial charge is 0.260 e. The number of furan rings is 1. The zero-order valence-electron chi connectivity index (χ0n) is 9.23. The second kappa shape index (κ2) is 4.22. The molecule has 1 amide bonds. The Morgan fingerprint density at radius 3 is 2.94 bits per heavy atom. The predicted octanol–water partition coefficient (Wildman–Crippen LogP) is 2.06. The summed E-state index contributed by atoms with van der Waals surface area (Å²) >= 11 is 0. The lowest BCUT2D eigenvalue weighted by atomic mass is 10.2. The van der Waals surface area contributed by atoms with E-state index in [0.29, 0.717) is 17.1 Å². The summed E-state index contributed by atoms with van der Waals surface area (Å²) in [5.74, 6) is 0.951. The van der Waals surface area contributed by atoms with Gasteiger partial charge in [0.15, 0.2) is 5.82 Å². The molecule has 0 unspecified atom stereocenters. The molecule has 0 aliphatic carbocycles. The summed E-state index contributed by atoms with van der Waals surface area (Å²) < 4.78 is 6.81. The third kappa shape index (κ3) is 1.98. The molecule has 2 rings (SSSR count). The highest BCUT2D eigenvalue weighted by molar-refractivity contribution is 6.04. The van der Waals surface area contributed by atoms with Crippen LogP contribution in [0, 0.1) is 6.92 Å². The van der Waals surface area contributed by atoms with Crippen LogP contribution in [-0.4, -0.2) is 15.7 Å². The highest BCUT2D eigenvalue weighted by Crippen LogP contribution is 2.11. The van der Waals surface area contributed by atoms with Crippen molar-refractivity contribution in [3.63, 3.8) is 0 Å². The molecule has 0 saturated heterocycles. The van der Waals surface area contributed by atoms with Crippen LogP contribution in [-0.2, 0) is 6.54 Å². The number of nitrogens with zero attached hydrogens (tertiary/aromatic N) is 2. The van der Waals surface area contributed by atoms with Crippen LogP contribution in [0.4, 0.5) is 5.82 Å². The Bertz CT molecular complexity index is 499. The van der Waals surface area contributed by atoms with Gasteiger partial charge in [-0.25, -0.2) is 0 Å². The normalized spacial score (nSPS) is 10.4. The average molecular weight is 219 g/mol. The number of amides is 1. The van der Waals surface area contributed by atoms with E-state index in [2.05, 4.69) is 10.4 Å². The van der Waals surface area contributed by atoms with E-state index in [1.807, 2.05) is 13.1 Å². The molecule has 0 aliphatic rings. The van der Waals surface area contributed by atoms with Crippen molar-refractivity contribution in [3.05, 3.63) is 35.9 Å². The molecule has 0 atom stereocenters. The van der Waals surface area contributed by atoms with E-state index in [-0.39, 0.29) is 5.91 Å². The zero-order chi connectivity index (χ0) is 11.5. The van der Waals surface area contributed by atoms with Gasteiger partial charge in [-0.05, 0) is 19.9 Å². The summed E-state index contributed by atoms with van der Waals surface area (Å²) in [7, 11) is 0. The summed E-state index contributed by atoms with van der Waals surface area (Å²) in [4.78, 5) is 11.8. The molecular weight excluding hydrogens is 206 g/mol. The molecule has 5 nitrogen and oxygen atoms in total. The molecule has 1 N–H and O–H groups in total. The third-order valence-corrected chi connectivity index (χ3v) is 2.31. The summed E-state index contributed by atoms with van der Waals surface area (Å²) in [6.45, 7) is 4.51. The van der Waals surface area contributed by atoms with Gasteiger partial charge >= 0.3 is 0 Å². The monoisotopic (exact) mass is 219 g/mol. The summed E-state index contributed by atoms with van der Waals surface area (Å²) in [5, 5.41) is 6.87. The lowest BCUT2D eigenvalue weighted by Gasteiger charge is -2.00. The molecule has 16 heavy (non-hydrogen) atoms. The van der Waals surface area contributed by atoms with E-state index in [9.17, 15) is 4.79 Å². The third-order valence-electron chi connectivity index (χ3n) is 2.31. The number of hydrogen-bond donors (Lipinski definition) is 1. The van der Waals surface area contributed by atoms with Gasteiger partial charge in [-0.2, -0.15) is 5.10 Å². The molecular formula is C11H13N3O2. The largest absolute Gasteiger partial charge is 0.469 e. The Labute approximate surface area is 93.1 Å². The molecule has 5 heteroatoms. The fourth-order valence-electron chi connectivity index (χ4n) is 1.41. The topological polar surface area (TPSA) is 60.1 Å². The minimum Gasteiger partial charge on any atom is -0.469 e. The first-order valence-corrected chi connectivity index (χ1v) is 5.09. The lowest BCUT2D eigenvalue weighted by Crippen LogP contribution is -2.12. The lowest BCUT2D eigenvalue weighted by molar-refractivity contribution is 0.102.